The maximum Gasteiger partial charge on any atom is 0.340 e. The van der Waals surface area contributed by atoms with Crippen molar-refractivity contribution >= 4 is 70.1 Å². The molecule has 0 aliphatic carbocycles. The summed E-state index contributed by atoms with van der Waals surface area (Å²) >= 11 is 24.3. The molecular formula is C19H13Cl4FO5S. The molecule has 1 saturated heterocycles. The standard InChI is InChI=1S/C19H13Cl4FO5S/c20-8-1-3-10(12(22)5-8)17(25)28-7-14-16(15(24)19(27)30-14)29-18(26)11-4-2-9(21)6-13(11)23/h1-6,14-16,19,27H,7H2/t14-,15+,16-,19?/m1/s1. The third-order valence-corrected chi connectivity index (χ3v) is 6.58. The van der Waals surface area contributed by atoms with Gasteiger partial charge in [-0.15, -0.1) is 11.8 Å². The van der Waals surface area contributed by atoms with E-state index in [1.807, 2.05) is 0 Å². The summed E-state index contributed by atoms with van der Waals surface area (Å²) in [5, 5.41) is 9.79. The van der Waals surface area contributed by atoms with Gasteiger partial charge in [-0.2, -0.15) is 0 Å². The Morgan fingerprint density at radius 2 is 1.50 bits per heavy atom. The van der Waals surface area contributed by atoms with E-state index in [4.69, 9.17) is 55.9 Å². The number of aliphatic hydroxyl groups excluding tert-OH is 1. The number of carbonyl (C=O) groups is 2. The highest BCUT2D eigenvalue weighted by Gasteiger charge is 2.47. The predicted molar refractivity (Wildman–Crippen MR) is 115 cm³/mol. The lowest BCUT2D eigenvalue weighted by molar-refractivity contribution is -0.0112. The smallest absolute Gasteiger partial charge is 0.340 e. The highest BCUT2D eigenvalue weighted by atomic mass is 35.5. The van der Waals surface area contributed by atoms with Crippen LogP contribution in [0.4, 0.5) is 4.39 Å². The van der Waals surface area contributed by atoms with Crippen LogP contribution in [-0.4, -0.2) is 46.6 Å². The third kappa shape index (κ3) is 5.33. The molecule has 1 N–H and O–H groups in total. The van der Waals surface area contributed by atoms with Gasteiger partial charge in [0.2, 0.25) is 0 Å². The molecule has 0 spiro atoms. The van der Waals surface area contributed by atoms with Crippen molar-refractivity contribution < 1.29 is 28.6 Å². The Bertz CT molecular complexity index is 976. The van der Waals surface area contributed by atoms with Crippen LogP contribution in [0.15, 0.2) is 36.4 Å². The zero-order valence-corrected chi connectivity index (χ0v) is 18.7. The molecule has 1 heterocycles. The van der Waals surface area contributed by atoms with E-state index < -0.39 is 34.9 Å². The van der Waals surface area contributed by atoms with Crippen molar-refractivity contribution in [3.63, 3.8) is 0 Å². The number of alkyl halides is 1. The fourth-order valence-corrected chi connectivity index (χ4v) is 4.85. The molecule has 160 valence electrons. The topological polar surface area (TPSA) is 72.8 Å². The van der Waals surface area contributed by atoms with Gasteiger partial charge in [-0.25, -0.2) is 14.0 Å². The molecule has 1 fully saturated rings. The Balaban J connectivity index is 1.69. The average Bonchev–Trinajstić information content (AvgIpc) is 2.93. The van der Waals surface area contributed by atoms with Gasteiger partial charge in [-0.3, -0.25) is 0 Å². The molecule has 11 heteroatoms. The van der Waals surface area contributed by atoms with E-state index in [9.17, 15) is 19.1 Å². The van der Waals surface area contributed by atoms with Gasteiger partial charge in [-0.1, -0.05) is 46.4 Å². The van der Waals surface area contributed by atoms with Gasteiger partial charge in [0.05, 0.1) is 26.4 Å². The van der Waals surface area contributed by atoms with E-state index in [2.05, 4.69) is 0 Å². The van der Waals surface area contributed by atoms with Crippen molar-refractivity contribution in [2.75, 3.05) is 6.61 Å². The van der Waals surface area contributed by atoms with Crippen molar-refractivity contribution in [2.24, 2.45) is 0 Å². The first kappa shape index (κ1) is 23.4. The summed E-state index contributed by atoms with van der Waals surface area (Å²) in [7, 11) is 0. The zero-order chi connectivity index (χ0) is 22.0. The number of aliphatic hydroxyl groups is 1. The summed E-state index contributed by atoms with van der Waals surface area (Å²) in [6.45, 7) is -0.327. The fraction of sp³-hybridized carbons (Fsp3) is 0.263. The van der Waals surface area contributed by atoms with Crippen LogP contribution in [0.5, 0.6) is 0 Å². The minimum Gasteiger partial charge on any atom is -0.461 e. The van der Waals surface area contributed by atoms with Crippen molar-refractivity contribution in [3.8, 4) is 0 Å². The quantitative estimate of drug-likeness (QED) is 0.535. The number of hydrogen-bond acceptors (Lipinski definition) is 6. The SMILES string of the molecule is O=C(OC[C@H]1SC(O)[C@@H](F)[C@@H]1OC(=O)c1ccc(Cl)cc1Cl)c1ccc(Cl)cc1Cl. The molecule has 5 nitrogen and oxygen atoms in total. The number of carbonyl (C=O) groups excluding carboxylic acids is 2. The van der Waals surface area contributed by atoms with Gasteiger partial charge >= 0.3 is 11.9 Å². The highest BCUT2D eigenvalue weighted by Crippen LogP contribution is 2.38. The number of rotatable bonds is 5. The first-order valence-electron chi connectivity index (χ1n) is 8.43. The summed E-state index contributed by atoms with van der Waals surface area (Å²) in [6.07, 6.45) is -3.24. The third-order valence-electron chi connectivity index (χ3n) is 4.19. The summed E-state index contributed by atoms with van der Waals surface area (Å²) in [4.78, 5) is 24.7. The summed E-state index contributed by atoms with van der Waals surface area (Å²) < 4.78 is 24.9. The minimum absolute atomic E-state index is 0.0108. The van der Waals surface area contributed by atoms with Gasteiger partial charge in [0, 0.05) is 10.0 Å². The van der Waals surface area contributed by atoms with Crippen LogP contribution in [0.1, 0.15) is 20.7 Å². The van der Waals surface area contributed by atoms with E-state index in [1.54, 1.807) is 0 Å². The number of hydrogen-bond donors (Lipinski definition) is 1. The van der Waals surface area contributed by atoms with E-state index in [1.165, 1.54) is 36.4 Å². The highest BCUT2D eigenvalue weighted by molar-refractivity contribution is 8.00. The van der Waals surface area contributed by atoms with Gasteiger partial charge in [0.1, 0.15) is 12.0 Å². The maximum absolute atomic E-state index is 14.4. The Kier molecular flexibility index (Phi) is 7.76. The minimum atomic E-state index is -1.88. The molecule has 3 rings (SSSR count). The van der Waals surface area contributed by atoms with E-state index >= 15 is 0 Å². The van der Waals surface area contributed by atoms with Gasteiger partial charge < -0.3 is 14.6 Å². The molecule has 0 saturated carbocycles. The summed E-state index contributed by atoms with van der Waals surface area (Å²) in [5.74, 6) is -1.66. The summed E-state index contributed by atoms with van der Waals surface area (Å²) in [6, 6.07) is 8.37. The molecule has 2 aromatic carbocycles. The second kappa shape index (κ2) is 9.94. The van der Waals surface area contributed by atoms with Crippen molar-refractivity contribution in [1.29, 1.82) is 0 Å². The number of ether oxygens (including phenoxy) is 2. The molecule has 0 bridgehead atoms. The van der Waals surface area contributed by atoms with Crippen LogP contribution in [0.3, 0.4) is 0 Å². The predicted octanol–water partition coefficient (Wildman–Crippen LogP) is 5.45. The second-order valence-corrected chi connectivity index (χ2v) is 9.27. The number of esters is 2. The Hall–Kier alpha value is -1.22. The van der Waals surface area contributed by atoms with Gasteiger partial charge in [-0.05, 0) is 36.4 Å². The maximum atomic E-state index is 14.4. The van der Waals surface area contributed by atoms with Crippen molar-refractivity contribution in [1.82, 2.24) is 0 Å². The normalized spacial score (nSPS) is 23.3. The van der Waals surface area contributed by atoms with Crippen LogP contribution < -0.4 is 0 Å². The fourth-order valence-electron chi connectivity index (χ4n) is 2.71. The lowest BCUT2D eigenvalue weighted by Gasteiger charge is -2.20. The molecule has 4 atom stereocenters. The largest absolute Gasteiger partial charge is 0.461 e. The lowest BCUT2D eigenvalue weighted by atomic mass is 10.1. The van der Waals surface area contributed by atoms with Crippen LogP contribution in [-0.2, 0) is 9.47 Å². The Labute approximate surface area is 195 Å². The molecule has 1 aliphatic heterocycles. The van der Waals surface area contributed by atoms with Crippen LogP contribution in [0, 0.1) is 0 Å². The number of thioether (sulfide) groups is 1. The molecular weight excluding hydrogens is 501 g/mol. The first-order valence-corrected chi connectivity index (χ1v) is 10.9. The van der Waals surface area contributed by atoms with E-state index in [0.717, 1.165) is 11.8 Å². The molecule has 0 amide bonds. The average molecular weight is 514 g/mol. The second-order valence-electron chi connectivity index (χ2n) is 6.23. The molecule has 1 unspecified atom stereocenters. The lowest BCUT2D eigenvalue weighted by Crippen LogP contribution is -2.36. The first-order chi connectivity index (χ1) is 14.2. The molecule has 2 aromatic rings. The van der Waals surface area contributed by atoms with E-state index in [0.29, 0.717) is 10.0 Å². The van der Waals surface area contributed by atoms with Crippen molar-refractivity contribution in [2.45, 2.75) is 23.0 Å². The van der Waals surface area contributed by atoms with Gasteiger partial charge in [0.15, 0.2) is 12.3 Å². The summed E-state index contributed by atoms with van der Waals surface area (Å²) in [5.41, 5.74) is -1.39. The van der Waals surface area contributed by atoms with Crippen molar-refractivity contribution in [3.05, 3.63) is 67.6 Å². The molecule has 30 heavy (non-hydrogen) atoms. The Morgan fingerprint density at radius 1 is 0.967 bits per heavy atom. The monoisotopic (exact) mass is 512 g/mol. The number of halogens is 5. The van der Waals surface area contributed by atoms with E-state index in [-0.39, 0.29) is 27.8 Å². The van der Waals surface area contributed by atoms with Gasteiger partial charge in [0.25, 0.3) is 0 Å². The van der Waals surface area contributed by atoms with Crippen LogP contribution in [0.25, 0.3) is 0 Å². The molecule has 0 radical (unpaired) electrons. The zero-order valence-electron chi connectivity index (χ0n) is 14.9. The molecule has 1 aliphatic rings. The Morgan fingerprint density at radius 3 is 2.03 bits per heavy atom. The van der Waals surface area contributed by atoms with Crippen LogP contribution in [0.2, 0.25) is 20.1 Å². The number of benzene rings is 2. The van der Waals surface area contributed by atoms with Crippen LogP contribution >= 0.6 is 58.2 Å². The molecule has 0 aromatic heterocycles.